The number of unbranched alkanes of at least 4 members (excludes halogenated alkanes) is 5. The molecule has 2 rings (SSSR count). The Morgan fingerprint density at radius 3 is 2.10 bits per heavy atom. The van der Waals surface area contributed by atoms with E-state index in [1.165, 1.54) is 50.5 Å². The van der Waals surface area contributed by atoms with E-state index in [4.69, 9.17) is 9.84 Å². The van der Waals surface area contributed by atoms with Crippen LogP contribution in [0.2, 0.25) is 0 Å². The summed E-state index contributed by atoms with van der Waals surface area (Å²) >= 11 is 0. The first-order valence-electron chi connectivity index (χ1n) is 11.1. The molecule has 0 saturated heterocycles. The third-order valence-corrected chi connectivity index (χ3v) is 5.40. The highest BCUT2D eigenvalue weighted by molar-refractivity contribution is 5.88. The van der Waals surface area contributed by atoms with E-state index < -0.39 is 5.97 Å². The van der Waals surface area contributed by atoms with Gasteiger partial charge in [-0.1, -0.05) is 75.4 Å². The first kappa shape index (κ1) is 23.2. The quantitative estimate of drug-likeness (QED) is 0.345. The minimum absolute atomic E-state index is 0.321. The van der Waals surface area contributed by atoms with Crippen molar-refractivity contribution in [3.05, 3.63) is 59.7 Å². The number of carbonyl (C=O) groups is 1. The SMILES string of the molecule is CCCCCCOC(C)CCCCCc1ccc(-c2ccc(C(=O)O)cc2)cc1. The molecule has 158 valence electrons. The fourth-order valence-electron chi connectivity index (χ4n) is 3.50. The molecule has 0 bridgehead atoms. The Kier molecular flexibility index (Phi) is 10.5. The molecule has 0 heterocycles. The van der Waals surface area contributed by atoms with Gasteiger partial charge in [0.15, 0.2) is 0 Å². The molecule has 3 nitrogen and oxygen atoms in total. The standard InChI is InChI=1S/C26H36O3/c1-3-4-5-9-20-29-21(2)10-7-6-8-11-22-12-14-23(15-13-22)24-16-18-25(19-17-24)26(27)28/h12-19,21H,3-11,20H2,1-2H3,(H,27,28). The second kappa shape index (κ2) is 13.2. The zero-order valence-electron chi connectivity index (χ0n) is 18.0. The van der Waals surface area contributed by atoms with Crippen molar-refractivity contribution in [2.24, 2.45) is 0 Å². The van der Waals surface area contributed by atoms with Crippen LogP contribution in [0.15, 0.2) is 48.5 Å². The van der Waals surface area contributed by atoms with Crippen LogP contribution >= 0.6 is 0 Å². The van der Waals surface area contributed by atoms with Crippen LogP contribution in [0.25, 0.3) is 11.1 Å². The number of ether oxygens (including phenoxy) is 1. The highest BCUT2D eigenvalue weighted by Crippen LogP contribution is 2.21. The van der Waals surface area contributed by atoms with Gasteiger partial charge in [-0.05, 0) is 61.4 Å². The van der Waals surface area contributed by atoms with Gasteiger partial charge in [0.25, 0.3) is 0 Å². The molecule has 29 heavy (non-hydrogen) atoms. The van der Waals surface area contributed by atoms with Gasteiger partial charge in [-0.15, -0.1) is 0 Å². The van der Waals surface area contributed by atoms with Gasteiger partial charge >= 0.3 is 5.97 Å². The van der Waals surface area contributed by atoms with Gasteiger partial charge in [0.2, 0.25) is 0 Å². The molecule has 0 fully saturated rings. The fourth-order valence-corrected chi connectivity index (χ4v) is 3.50. The van der Waals surface area contributed by atoms with Crippen molar-refractivity contribution in [2.75, 3.05) is 6.61 Å². The van der Waals surface area contributed by atoms with E-state index >= 15 is 0 Å². The highest BCUT2D eigenvalue weighted by Gasteiger charge is 2.04. The topological polar surface area (TPSA) is 46.5 Å². The lowest BCUT2D eigenvalue weighted by Crippen LogP contribution is -2.09. The summed E-state index contributed by atoms with van der Waals surface area (Å²) in [7, 11) is 0. The molecule has 1 N–H and O–H groups in total. The van der Waals surface area contributed by atoms with Gasteiger partial charge in [-0.2, -0.15) is 0 Å². The molecule has 0 aliphatic heterocycles. The summed E-state index contributed by atoms with van der Waals surface area (Å²) in [5.74, 6) is -0.889. The molecule has 2 aromatic rings. The van der Waals surface area contributed by atoms with Gasteiger partial charge in [0.05, 0.1) is 11.7 Å². The number of benzene rings is 2. The maximum Gasteiger partial charge on any atom is 0.335 e. The van der Waals surface area contributed by atoms with E-state index in [-0.39, 0.29) is 0 Å². The summed E-state index contributed by atoms with van der Waals surface area (Å²) in [5, 5.41) is 8.99. The number of aromatic carboxylic acids is 1. The van der Waals surface area contributed by atoms with Crippen molar-refractivity contribution in [3.63, 3.8) is 0 Å². The third-order valence-electron chi connectivity index (χ3n) is 5.40. The summed E-state index contributed by atoms with van der Waals surface area (Å²) in [6, 6.07) is 15.7. The first-order valence-corrected chi connectivity index (χ1v) is 11.1. The number of rotatable bonds is 14. The molecule has 0 saturated carbocycles. The molecule has 0 aromatic heterocycles. The lowest BCUT2D eigenvalue weighted by molar-refractivity contribution is 0.0558. The molecule has 0 aliphatic rings. The fraction of sp³-hybridized carbons (Fsp3) is 0.500. The zero-order chi connectivity index (χ0) is 20.9. The average molecular weight is 397 g/mol. The lowest BCUT2D eigenvalue weighted by atomic mass is 10.00. The summed E-state index contributed by atoms with van der Waals surface area (Å²) in [6.07, 6.45) is 11.4. The number of aryl methyl sites for hydroxylation is 1. The van der Waals surface area contributed by atoms with E-state index in [2.05, 4.69) is 38.1 Å². The summed E-state index contributed by atoms with van der Waals surface area (Å²) in [5.41, 5.74) is 3.85. The van der Waals surface area contributed by atoms with Gasteiger partial charge in [0, 0.05) is 6.61 Å². The van der Waals surface area contributed by atoms with Crippen molar-refractivity contribution in [3.8, 4) is 11.1 Å². The molecule has 1 unspecified atom stereocenters. The van der Waals surface area contributed by atoms with Crippen LogP contribution in [0.4, 0.5) is 0 Å². The summed E-state index contributed by atoms with van der Waals surface area (Å²) in [6.45, 7) is 5.34. The molecule has 2 aromatic carbocycles. The van der Waals surface area contributed by atoms with E-state index in [1.54, 1.807) is 12.1 Å². The molecule has 0 amide bonds. The van der Waals surface area contributed by atoms with Crippen LogP contribution in [0.3, 0.4) is 0 Å². The van der Waals surface area contributed by atoms with Crippen LogP contribution in [0, 0.1) is 0 Å². The van der Waals surface area contributed by atoms with Gasteiger partial charge in [0.1, 0.15) is 0 Å². The minimum atomic E-state index is -0.889. The van der Waals surface area contributed by atoms with E-state index in [0.29, 0.717) is 11.7 Å². The van der Waals surface area contributed by atoms with E-state index in [9.17, 15) is 4.79 Å². The Bertz CT molecular complexity index is 704. The third kappa shape index (κ3) is 8.82. The van der Waals surface area contributed by atoms with Crippen LogP contribution in [-0.4, -0.2) is 23.8 Å². The highest BCUT2D eigenvalue weighted by atomic mass is 16.5. The Labute approximate surface area is 176 Å². The molecule has 1 atom stereocenters. The molecular weight excluding hydrogens is 360 g/mol. The number of hydrogen-bond donors (Lipinski definition) is 1. The lowest BCUT2D eigenvalue weighted by Gasteiger charge is -2.12. The summed E-state index contributed by atoms with van der Waals surface area (Å²) in [4.78, 5) is 11.0. The molecule has 0 spiro atoms. The maximum atomic E-state index is 11.0. The second-order valence-electron chi connectivity index (χ2n) is 7.92. The molecule has 0 aliphatic carbocycles. The van der Waals surface area contributed by atoms with E-state index in [1.807, 2.05) is 12.1 Å². The van der Waals surface area contributed by atoms with Crippen LogP contribution in [0.5, 0.6) is 0 Å². The Balaban J connectivity index is 1.63. The van der Waals surface area contributed by atoms with Gasteiger partial charge in [-0.25, -0.2) is 4.79 Å². The number of hydrogen-bond acceptors (Lipinski definition) is 2. The zero-order valence-corrected chi connectivity index (χ0v) is 18.0. The molecule has 3 heteroatoms. The van der Waals surface area contributed by atoms with Gasteiger partial charge < -0.3 is 9.84 Å². The van der Waals surface area contributed by atoms with Crippen LogP contribution in [-0.2, 0) is 11.2 Å². The maximum absolute atomic E-state index is 11.0. The molecule has 0 radical (unpaired) electrons. The van der Waals surface area contributed by atoms with Crippen molar-refractivity contribution in [2.45, 2.75) is 77.7 Å². The van der Waals surface area contributed by atoms with Crippen molar-refractivity contribution >= 4 is 5.97 Å². The minimum Gasteiger partial charge on any atom is -0.478 e. The first-order chi connectivity index (χ1) is 14.1. The normalized spacial score (nSPS) is 12.1. The smallest absolute Gasteiger partial charge is 0.335 e. The van der Waals surface area contributed by atoms with Crippen molar-refractivity contribution in [1.29, 1.82) is 0 Å². The average Bonchev–Trinajstić information content (AvgIpc) is 2.74. The second-order valence-corrected chi connectivity index (χ2v) is 7.92. The number of carboxylic acid groups (broad SMARTS) is 1. The van der Waals surface area contributed by atoms with Crippen LogP contribution in [0.1, 0.15) is 81.1 Å². The molecular formula is C26H36O3. The van der Waals surface area contributed by atoms with Crippen molar-refractivity contribution in [1.82, 2.24) is 0 Å². The Hall–Kier alpha value is -2.13. The van der Waals surface area contributed by atoms with Gasteiger partial charge in [-0.3, -0.25) is 0 Å². The Morgan fingerprint density at radius 2 is 1.48 bits per heavy atom. The predicted molar refractivity (Wildman–Crippen MR) is 121 cm³/mol. The van der Waals surface area contributed by atoms with Crippen molar-refractivity contribution < 1.29 is 14.6 Å². The van der Waals surface area contributed by atoms with Crippen LogP contribution < -0.4 is 0 Å². The number of carboxylic acids is 1. The monoisotopic (exact) mass is 396 g/mol. The summed E-state index contributed by atoms with van der Waals surface area (Å²) < 4.78 is 5.90. The predicted octanol–water partition coefficient (Wildman–Crippen LogP) is 7.14. The van der Waals surface area contributed by atoms with E-state index in [0.717, 1.165) is 30.6 Å². The largest absolute Gasteiger partial charge is 0.478 e. The Morgan fingerprint density at radius 1 is 0.862 bits per heavy atom.